The quantitative estimate of drug-likeness (QED) is 0.576. The van der Waals surface area contributed by atoms with E-state index >= 15 is 0 Å². The fraction of sp³-hybridized carbons (Fsp3) is 0.917. The van der Waals surface area contributed by atoms with Gasteiger partial charge in [0.2, 0.25) is 5.91 Å². The van der Waals surface area contributed by atoms with E-state index in [2.05, 4.69) is 0 Å². The molecule has 0 aliphatic heterocycles. The largest absolute Gasteiger partial charge is 0.395 e. The third-order valence-electron chi connectivity index (χ3n) is 2.70. The second-order valence-corrected chi connectivity index (χ2v) is 3.83. The van der Waals surface area contributed by atoms with Gasteiger partial charge >= 0.3 is 0 Å². The summed E-state index contributed by atoms with van der Waals surface area (Å²) in [5.41, 5.74) is 0. The first-order valence-electron chi connectivity index (χ1n) is 6.18. The summed E-state index contributed by atoms with van der Waals surface area (Å²) in [5, 5.41) is 8.98. The van der Waals surface area contributed by atoms with E-state index in [4.69, 9.17) is 14.6 Å². The van der Waals surface area contributed by atoms with Gasteiger partial charge in [-0.3, -0.25) is 4.79 Å². The molecule has 5 heteroatoms. The number of nitrogens with zero attached hydrogens (tertiary/aromatic N) is 1. The van der Waals surface area contributed by atoms with Crippen molar-refractivity contribution in [2.24, 2.45) is 0 Å². The van der Waals surface area contributed by atoms with Crippen LogP contribution in [-0.2, 0) is 14.3 Å². The third-order valence-corrected chi connectivity index (χ3v) is 2.70. The summed E-state index contributed by atoms with van der Waals surface area (Å²) in [4.78, 5) is 13.6. The van der Waals surface area contributed by atoms with E-state index in [0.717, 1.165) is 12.8 Å². The number of carbonyl (C=O) groups excluding carboxylic acids is 1. The zero-order valence-electron chi connectivity index (χ0n) is 11.1. The zero-order valence-corrected chi connectivity index (χ0v) is 11.1. The fourth-order valence-corrected chi connectivity index (χ4v) is 1.73. The lowest BCUT2D eigenvalue weighted by molar-refractivity contribution is -0.139. The predicted octanol–water partition coefficient (Wildman–Crippen LogP) is 0.659. The first-order valence-corrected chi connectivity index (χ1v) is 6.18. The SMILES string of the molecule is CCC(CC)N(CCO)C(=O)COCCOC. The Hall–Kier alpha value is -0.650. The van der Waals surface area contributed by atoms with Crippen LogP contribution >= 0.6 is 0 Å². The Bertz CT molecular complexity index is 195. The van der Waals surface area contributed by atoms with Crippen molar-refractivity contribution >= 4 is 5.91 Å². The molecule has 0 atom stereocenters. The molecule has 102 valence electrons. The number of carbonyl (C=O) groups is 1. The van der Waals surface area contributed by atoms with Crippen LogP contribution in [0.5, 0.6) is 0 Å². The zero-order chi connectivity index (χ0) is 13.1. The molecule has 0 radical (unpaired) electrons. The number of methoxy groups -OCH3 is 1. The van der Waals surface area contributed by atoms with Gasteiger partial charge in [0.1, 0.15) is 6.61 Å². The minimum absolute atomic E-state index is 0.0136. The normalized spacial score (nSPS) is 10.9. The fourth-order valence-electron chi connectivity index (χ4n) is 1.73. The molecule has 0 rings (SSSR count). The van der Waals surface area contributed by atoms with Crippen molar-refractivity contribution < 1.29 is 19.4 Å². The van der Waals surface area contributed by atoms with Gasteiger partial charge in [-0.25, -0.2) is 0 Å². The number of rotatable bonds is 10. The lowest BCUT2D eigenvalue weighted by Crippen LogP contribution is -2.43. The number of hydrogen-bond acceptors (Lipinski definition) is 4. The van der Waals surface area contributed by atoms with Gasteiger partial charge < -0.3 is 19.5 Å². The molecule has 1 N–H and O–H groups in total. The van der Waals surface area contributed by atoms with Crippen molar-refractivity contribution in [1.29, 1.82) is 0 Å². The molecule has 17 heavy (non-hydrogen) atoms. The van der Waals surface area contributed by atoms with Crippen LogP contribution in [0.3, 0.4) is 0 Å². The number of ether oxygens (including phenoxy) is 2. The van der Waals surface area contributed by atoms with Crippen molar-refractivity contribution in [1.82, 2.24) is 4.90 Å². The average molecular weight is 247 g/mol. The molecular weight excluding hydrogens is 222 g/mol. The van der Waals surface area contributed by atoms with Crippen LogP contribution in [0.2, 0.25) is 0 Å². The molecule has 0 aliphatic carbocycles. The molecule has 0 aromatic carbocycles. The van der Waals surface area contributed by atoms with Gasteiger partial charge in [-0.05, 0) is 12.8 Å². The second-order valence-electron chi connectivity index (χ2n) is 3.83. The maximum atomic E-state index is 11.9. The van der Waals surface area contributed by atoms with E-state index in [-0.39, 0.29) is 25.2 Å². The summed E-state index contributed by atoms with van der Waals surface area (Å²) in [7, 11) is 1.59. The monoisotopic (exact) mass is 247 g/mol. The van der Waals surface area contributed by atoms with Crippen LogP contribution in [0.15, 0.2) is 0 Å². The van der Waals surface area contributed by atoms with E-state index < -0.39 is 0 Å². The van der Waals surface area contributed by atoms with Crippen molar-refractivity contribution in [3.05, 3.63) is 0 Å². The van der Waals surface area contributed by atoms with Gasteiger partial charge in [0.15, 0.2) is 0 Å². The van der Waals surface area contributed by atoms with Gasteiger partial charge in [0.25, 0.3) is 0 Å². The molecule has 0 saturated heterocycles. The Morgan fingerprint density at radius 1 is 1.29 bits per heavy atom. The number of amides is 1. The summed E-state index contributed by atoms with van der Waals surface area (Å²) in [6, 6.07) is 0.181. The number of aliphatic hydroxyl groups is 1. The lowest BCUT2D eigenvalue weighted by atomic mass is 10.1. The van der Waals surface area contributed by atoms with Crippen molar-refractivity contribution in [2.45, 2.75) is 32.7 Å². The second kappa shape index (κ2) is 10.5. The molecule has 0 saturated carbocycles. The number of hydrogen-bond donors (Lipinski definition) is 1. The van der Waals surface area contributed by atoms with E-state index in [9.17, 15) is 4.79 Å². The first kappa shape index (κ1) is 16.4. The molecule has 0 spiro atoms. The van der Waals surface area contributed by atoms with Gasteiger partial charge in [0, 0.05) is 19.7 Å². The smallest absolute Gasteiger partial charge is 0.248 e. The summed E-state index contributed by atoms with van der Waals surface area (Å²) in [5.74, 6) is -0.0659. The Kier molecular flexibility index (Phi) is 10.1. The average Bonchev–Trinajstić information content (AvgIpc) is 2.34. The van der Waals surface area contributed by atoms with Crippen LogP contribution in [-0.4, -0.2) is 62.0 Å². The highest BCUT2D eigenvalue weighted by Gasteiger charge is 2.20. The maximum Gasteiger partial charge on any atom is 0.248 e. The van der Waals surface area contributed by atoms with Crippen LogP contribution in [0.1, 0.15) is 26.7 Å². The highest BCUT2D eigenvalue weighted by Crippen LogP contribution is 2.08. The van der Waals surface area contributed by atoms with Gasteiger partial charge in [-0.2, -0.15) is 0 Å². The topological polar surface area (TPSA) is 59.0 Å². The Morgan fingerprint density at radius 3 is 2.41 bits per heavy atom. The molecule has 0 aromatic heterocycles. The van der Waals surface area contributed by atoms with Crippen LogP contribution in [0.4, 0.5) is 0 Å². The lowest BCUT2D eigenvalue weighted by Gasteiger charge is -2.29. The molecular formula is C12H25NO4. The predicted molar refractivity (Wildman–Crippen MR) is 65.9 cm³/mol. The van der Waals surface area contributed by atoms with E-state index in [1.165, 1.54) is 0 Å². The Balaban J connectivity index is 4.13. The molecule has 0 aromatic rings. The van der Waals surface area contributed by atoms with Crippen LogP contribution < -0.4 is 0 Å². The standard InChI is InChI=1S/C12H25NO4/c1-4-11(5-2)13(6-7-14)12(15)10-17-9-8-16-3/h11,14H,4-10H2,1-3H3. The van der Waals surface area contributed by atoms with E-state index in [1.54, 1.807) is 12.0 Å². The van der Waals surface area contributed by atoms with Crippen molar-refractivity contribution in [3.63, 3.8) is 0 Å². The summed E-state index contributed by atoms with van der Waals surface area (Å²) < 4.78 is 10.0. The van der Waals surface area contributed by atoms with Crippen molar-refractivity contribution in [2.75, 3.05) is 40.1 Å². The molecule has 1 amide bonds. The Morgan fingerprint density at radius 2 is 1.94 bits per heavy atom. The molecule has 5 nitrogen and oxygen atoms in total. The molecule has 0 unspecified atom stereocenters. The van der Waals surface area contributed by atoms with Gasteiger partial charge in [-0.15, -0.1) is 0 Å². The summed E-state index contributed by atoms with van der Waals surface area (Å²) in [6.45, 7) is 5.39. The first-order chi connectivity index (χ1) is 8.21. The van der Waals surface area contributed by atoms with E-state index in [0.29, 0.717) is 19.8 Å². The molecule has 0 bridgehead atoms. The van der Waals surface area contributed by atoms with E-state index in [1.807, 2.05) is 13.8 Å². The maximum absolute atomic E-state index is 11.9. The summed E-state index contributed by atoms with van der Waals surface area (Å²) >= 11 is 0. The van der Waals surface area contributed by atoms with Crippen molar-refractivity contribution in [3.8, 4) is 0 Å². The Labute approximate surface area is 104 Å². The third kappa shape index (κ3) is 6.61. The van der Waals surface area contributed by atoms with Gasteiger partial charge in [0.05, 0.1) is 19.8 Å². The minimum atomic E-state index is -0.0659. The molecule has 0 fully saturated rings. The van der Waals surface area contributed by atoms with Crippen LogP contribution in [0.25, 0.3) is 0 Å². The number of aliphatic hydroxyl groups excluding tert-OH is 1. The minimum Gasteiger partial charge on any atom is -0.395 e. The molecule has 0 aliphatic rings. The summed E-state index contributed by atoms with van der Waals surface area (Å²) in [6.07, 6.45) is 1.78. The highest BCUT2D eigenvalue weighted by atomic mass is 16.5. The highest BCUT2D eigenvalue weighted by molar-refractivity contribution is 5.77. The molecule has 0 heterocycles. The van der Waals surface area contributed by atoms with Crippen LogP contribution in [0, 0.1) is 0 Å². The van der Waals surface area contributed by atoms with Gasteiger partial charge in [-0.1, -0.05) is 13.8 Å².